The second kappa shape index (κ2) is 7.27. The number of hydrogen-bond acceptors (Lipinski definition) is 5. The lowest BCUT2D eigenvalue weighted by atomic mass is 10.3. The van der Waals surface area contributed by atoms with E-state index in [0.29, 0.717) is 11.6 Å². The molecule has 2 aromatic heterocycles. The zero-order valence-electron chi connectivity index (χ0n) is 10.3. The van der Waals surface area contributed by atoms with E-state index < -0.39 is 0 Å². The zero-order chi connectivity index (χ0) is 12.5. The van der Waals surface area contributed by atoms with Crippen LogP contribution in [0.2, 0.25) is 0 Å². The Labute approximate surface area is 103 Å². The number of nitrogens with zero attached hydrogens (tertiary/aromatic N) is 4. The molecule has 2 heterocycles. The van der Waals surface area contributed by atoms with Crippen LogP contribution in [0.3, 0.4) is 0 Å². The van der Waals surface area contributed by atoms with Crippen molar-refractivity contribution in [2.45, 2.75) is 20.8 Å². The van der Waals surface area contributed by atoms with Crippen molar-refractivity contribution >= 4 is 11.6 Å². The second-order valence-corrected chi connectivity index (χ2v) is 4.04. The summed E-state index contributed by atoms with van der Waals surface area (Å²) in [5, 5.41) is 2.98. The van der Waals surface area contributed by atoms with Gasteiger partial charge in [-0.25, -0.2) is 15.0 Å². The normalized spacial score (nSPS) is 9.41. The highest BCUT2D eigenvalue weighted by molar-refractivity contribution is 5.48. The Balaban J connectivity index is 0.000000512. The summed E-state index contributed by atoms with van der Waals surface area (Å²) in [5.74, 6) is 2.21. The number of hydrogen-bond donors (Lipinski definition) is 1. The summed E-state index contributed by atoms with van der Waals surface area (Å²) in [7, 11) is 0. The van der Waals surface area contributed by atoms with Crippen LogP contribution in [0.25, 0.3) is 0 Å². The zero-order valence-corrected chi connectivity index (χ0v) is 10.3. The standard InChI is InChI=1S/C8H7N5.C4H10.H2/c1-2-10-6-12-7(1)13-8-5-9-3-4-11-8;1-4(2)3;/h1-6H,(H,10,11,12,13);4H,1-3H3;1H. The van der Waals surface area contributed by atoms with E-state index in [0.717, 1.165) is 5.92 Å². The molecule has 92 valence electrons. The summed E-state index contributed by atoms with van der Waals surface area (Å²) in [6, 6.07) is 1.76. The summed E-state index contributed by atoms with van der Waals surface area (Å²) in [4.78, 5) is 15.7. The Hall–Kier alpha value is -2.04. The maximum Gasteiger partial charge on any atom is 0.150 e. The molecule has 0 aliphatic heterocycles. The average Bonchev–Trinajstić information content (AvgIpc) is 2.31. The summed E-state index contributed by atoms with van der Waals surface area (Å²) < 4.78 is 0. The minimum Gasteiger partial charge on any atom is -0.324 e. The van der Waals surface area contributed by atoms with E-state index in [4.69, 9.17) is 0 Å². The van der Waals surface area contributed by atoms with Gasteiger partial charge in [0.25, 0.3) is 0 Å². The van der Waals surface area contributed by atoms with Crippen LogP contribution in [0.4, 0.5) is 11.6 Å². The van der Waals surface area contributed by atoms with Gasteiger partial charge in [0.05, 0.1) is 6.20 Å². The molecule has 0 aromatic carbocycles. The highest BCUT2D eigenvalue weighted by Crippen LogP contribution is 2.06. The van der Waals surface area contributed by atoms with Gasteiger partial charge in [-0.15, -0.1) is 0 Å². The summed E-state index contributed by atoms with van der Waals surface area (Å²) in [6.07, 6.45) is 7.99. The van der Waals surface area contributed by atoms with Gasteiger partial charge < -0.3 is 5.32 Å². The molecule has 0 bridgehead atoms. The molecule has 5 heteroatoms. The minimum absolute atomic E-state index is 0. The van der Waals surface area contributed by atoms with Gasteiger partial charge in [0.15, 0.2) is 0 Å². The fourth-order valence-corrected chi connectivity index (χ4v) is 0.859. The molecular formula is C12H19N5. The molecule has 0 aliphatic rings. The van der Waals surface area contributed by atoms with Crippen LogP contribution in [-0.2, 0) is 0 Å². The van der Waals surface area contributed by atoms with Gasteiger partial charge in [-0.1, -0.05) is 20.8 Å². The lowest BCUT2D eigenvalue weighted by Gasteiger charge is -2.01. The molecule has 2 aromatic rings. The number of aromatic nitrogens is 4. The van der Waals surface area contributed by atoms with Gasteiger partial charge in [0, 0.05) is 20.0 Å². The topological polar surface area (TPSA) is 63.6 Å². The molecule has 0 unspecified atom stereocenters. The van der Waals surface area contributed by atoms with Crippen LogP contribution in [0.1, 0.15) is 22.2 Å². The summed E-state index contributed by atoms with van der Waals surface area (Å²) in [5.41, 5.74) is 0. The number of nitrogens with one attached hydrogen (secondary N) is 1. The van der Waals surface area contributed by atoms with E-state index in [1.807, 2.05) is 0 Å². The lowest BCUT2D eigenvalue weighted by molar-refractivity contribution is 0.737. The van der Waals surface area contributed by atoms with Crippen molar-refractivity contribution in [2.24, 2.45) is 5.92 Å². The van der Waals surface area contributed by atoms with Gasteiger partial charge in [-0.3, -0.25) is 4.98 Å². The van der Waals surface area contributed by atoms with E-state index in [2.05, 4.69) is 46.0 Å². The quantitative estimate of drug-likeness (QED) is 0.864. The fourth-order valence-electron chi connectivity index (χ4n) is 0.859. The maximum absolute atomic E-state index is 4.04. The van der Waals surface area contributed by atoms with E-state index in [9.17, 15) is 0 Å². The highest BCUT2D eigenvalue weighted by atomic mass is 15.1. The first-order valence-electron chi connectivity index (χ1n) is 5.47. The molecule has 2 rings (SSSR count). The van der Waals surface area contributed by atoms with Gasteiger partial charge in [-0.05, 0) is 12.0 Å². The molecule has 0 spiro atoms. The minimum atomic E-state index is 0. The monoisotopic (exact) mass is 233 g/mol. The first-order chi connectivity index (χ1) is 8.18. The van der Waals surface area contributed by atoms with Crippen molar-refractivity contribution in [2.75, 3.05) is 5.32 Å². The highest BCUT2D eigenvalue weighted by Gasteiger charge is 1.93. The third-order valence-corrected chi connectivity index (χ3v) is 1.40. The predicted molar refractivity (Wildman–Crippen MR) is 70.0 cm³/mol. The molecule has 0 saturated heterocycles. The van der Waals surface area contributed by atoms with Gasteiger partial charge in [0.1, 0.15) is 18.0 Å². The molecule has 0 radical (unpaired) electrons. The molecule has 0 aliphatic carbocycles. The van der Waals surface area contributed by atoms with E-state index >= 15 is 0 Å². The molecule has 1 N–H and O–H groups in total. The number of rotatable bonds is 2. The Morgan fingerprint density at radius 3 is 2.29 bits per heavy atom. The van der Waals surface area contributed by atoms with Crippen molar-refractivity contribution in [3.63, 3.8) is 0 Å². The molecule has 0 atom stereocenters. The Kier molecular flexibility index (Phi) is 5.57. The Bertz CT molecular complexity index is 367. The van der Waals surface area contributed by atoms with Crippen molar-refractivity contribution in [1.29, 1.82) is 0 Å². The maximum atomic E-state index is 4.04. The average molecular weight is 233 g/mol. The number of anilines is 2. The van der Waals surface area contributed by atoms with Crippen LogP contribution in [-0.4, -0.2) is 19.9 Å². The smallest absolute Gasteiger partial charge is 0.150 e. The summed E-state index contributed by atoms with van der Waals surface area (Å²) >= 11 is 0. The van der Waals surface area contributed by atoms with Crippen LogP contribution in [0, 0.1) is 5.92 Å². The third kappa shape index (κ3) is 6.19. The van der Waals surface area contributed by atoms with E-state index in [1.54, 1.807) is 30.9 Å². The molecule has 17 heavy (non-hydrogen) atoms. The molecule has 0 saturated carbocycles. The van der Waals surface area contributed by atoms with Crippen molar-refractivity contribution in [1.82, 2.24) is 19.9 Å². The van der Waals surface area contributed by atoms with Crippen LogP contribution in [0.5, 0.6) is 0 Å². The van der Waals surface area contributed by atoms with Crippen LogP contribution >= 0.6 is 0 Å². The predicted octanol–water partition coefficient (Wildman–Crippen LogP) is 2.92. The van der Waals surface area contributed by atoms with Crippen molar-refractivity contribution in [3.05, 3.63) is 37.2 Å². The fraction of sp³-hybridized carbons (Fsp3) is 0.333. The van der Waals surface area contributed by atoms with Gasteiger partial charge >= 0.3 is 0 Å². The van der Waals surface area contributed by atoms with Crippen LogP contribution in [0.15, 0.2) is 37.2 Å². The van der Waals surface area contributed by atoms with Crippen molar-refractivity contribution < 1.29 is 1.43 Å². The van der Waals surface area contributed by atoms with Crippen LogP contribution < -0.4 is 5.32 Å². The van der Waals surface area contributed by atoms with Crippen molar-refractivity contribution in [3.8, 4) is 0 Å². The molecule has 5 nitrogen and oxygen atoms in total. The molecule has 0 amide bonds. The first-order valence-corrected chi connectivity index (χ1v) is 5.47. The lowest BCUT2D eigenvalue weighted by Crippen LogP contribution is -1.95. The SMILES string of the molecule is CC(C)C.[HH].c1cc(Nc2cnccn2)ncn1. The Morgan fingerprint density at radius 1 is 1.00 bits per heavy atom. The van der Waals surface area contributed by atoms with Gasteiger partial charge in [0.2, 0.25) is 0 Å². The second-order valence-electron chi connectivity index (χ2n) is 4.04. The largest absolute Gasteiger partial charge is 0.324 e. The van der Waals surface area contributed by atoms with E-state index in [-0.39, 0.29) is 1.43 Å². The van der Waals surface area contributed by atoms with Gasteiger partial charge in [-0.2, -0.15) is 0 Å². The van der Waals surface area contributed by atoms with E-state index in [1.165, 1.54) is 6.33 Å². The Morgan fingerprint density at radius 2 is 1.76 bits per heavy atom. The molecular weight excluding hydrogens is 214 g/mol. The summed E-state index contributed by atoms with van der Waals surface area (Å²) in [6.45, 7) is 6.50. The first kappa shape index (κ1) is 13.0. The molecule has 0 fully saturated rings. The third-order valence-electron chi connectivity index (χ3n) is 1.40.